The molecule has 0 aliphatic carbocycles. The van der Waals surface area contributed by atoms with E-state index in [1.54, 1.807) is 7.11 Å². The van der Waals surface area contributed by atoms with Crippen LogP contribution < -0.4 is 10.1 Å². The van der Waals surface area contributed by atoms with Crippen LogP contribution in [0.3, 0.4) is 0 Å². The third kappa shape index (κ3) is 2.98. The van der Waals surface area contributed by atoms with E-state index in [1.807, 2.05) is 13.1 Å². The molecule has 0 bridgehead atoms. The van der Waals surface area contributed by atoms with Gasteiger partial charge < -0.3 is 10.1 Å². The maximum absolute atomic E-state index is 5.37. The minimum absolute atomic E-state index is 0.116. The van der Waals surface area contributed by atoms with Crippen molar-refractivity contribution in [3.05, 3.63) is 29.3 Å². The predicted octanol–water partition coefficient (Wildman–Crippen LogP) is 3.61. The second-order valence-corrected chi connectivity index (χ2v) is 5.77. The molecule has 0 fully saturated rings. The first-order valence-corrected chi connectivity index (χ1v) is 6.31. The fourth-order valence-electron chi connectivity index (χ4n) is 1.55. The highest BCUT2D eigenvalue weighted by Crippen LogP contribution is 2.33. The highest BCUT2D eigenvalue weighted by Gasteiger charge is 2.18. The molecule has 1 N–H and O–H groups in total. The Balaban J connectivity index is 3.21. The molecule has 1 unspecified atom stereocenters. The highest BCUT2D eigenvalue weighted by atomic mass is 79.9. The molecule has 0 aromatic heterocycles. The Kier molecular flexibility index (Phi) is 4.39. The summed E-state index contributed by atoms with van der Waals surface area (Å²) < 4.78 is 5.37. The quantitative estimate of drug-likeness (QED) is 0.677. The maximum atomic E-state index is 5.37. The minimum Gasteiger partial charge on any atom is -0.496 e. The maximum Gasteiger partial charge on any atom is 0.124 e. The van der Waals surface area contributed by atoms with Gasteiger partial charge in [0, 0.05) is 5.56 Å². The van der Waals surface area contributed by atoms with Crippen LogP contribution in [-0.4, -0.2) is 14.2 Å². The molecule has 2 nitrogen and oxygen atoms in total. The minimum atomic E-state index is 0.116. The molecule has 0 amide bonds. The normalized spacial score (nSPS) is 13.6. The van der Waals surface area contributed by atoms with E-state index in [9.17, 15) is 0 Å². The summed E-state index contributed by atoms with van der Waals surface area (Å²) in [6, 6.07) is 6.34. The molecule has 0 radical (unpaired) electrons. The van der Waals surface area contributed by atoms with Crippen molar-refractivity contribution in [3.8, 4) is 5.75 Å². The Morgan fingerprint density at radius 3 is 2.38 bits per heavy atom. The molecule has 0 saturated heterocycles. The van der Waals surface area contributed by atoms with Gasteiger partial charge in [0.05, 0.1) is 12.1 Å². The molecule has 1 aromatic carbocycles. The van der Waals surface area contributed by atoms with Crippen LogP contribution in [0.4, 0.5) is 0 Å². The van der Waals surface area contributed by atoms with Gasteiger partial charge in [-0.2, -0.15) is 0 Å². The topological polar surface area (TPSA) is 21.3 Å². The summed E-state index contributed by atoms with van der Waals surface area (Å²) >= 11 is 3.59. The molecule has 1 aromatic rings. The van der Waals surface area contributed by atoms with E-state index in [4.69, 9.17) is 4.74 Å². The van der Waals surface area contributed by atoms with E-state index in [1.165, 1.54) is 5.56 Å². The number of methoxy groups -OCH3 is 1. The van der Waals surface area contributed by atoms with Crippen LogP contribution in [-0.2, 0) is 5.41 Å². The lowest BCUT2D eigenvalue weighted by Crippen LogP contribution is -2.15. The summed E-state index contributed by atoms with van der Waals surface area (Å²) in [5.74, 6) is 0.907. The van der Waals surface area contributed by atoms with Gasteiger partial charge in [-0.15, -0.1) is 0 Å². The molecule has 0 spiro atoms. The van der Waals surface area contributed by atoms with Crippen molar-refractivity contribution in [2.45, 2.75) is 31.1 Å². The molecule has 3 heteroatoms. The molecule has 0 aliphatic rings. The van der Waals surface area contributed by atoms with Crippen molar-refractivity contribution in [2.24, 2.45) is 0 Å². The van der Waals surface area contributed by atoms with Gasteiger partial charge in [-0.05, 0) is 30.2 Å². The van der Waals surface area contributed by atoms with Crippen LogP contribution >= 0.6 is 15.9 Å². The van der Waals surface area contributed by atoms with Crippen molar-refractivity contribution in [1.82, 2.24) is 5.32 Å². The Morgan fingerprint density at radius 2 is 1.94 bits per heavy atom. The van der Waals surface area contributed by atoms with Gasteiger partial charge in [-0.1, -0.05) is 42.8 Å². The average molecular weight is 286 g/mol. The number of hydrogen-bond donors (Lipinski definition) is 1. The standard InChI is InChI=1S/C13H20BrNO/c1-13(2,3)9-6-7-11(16-5)10(8-9)12(14)15-4/h6-8,12,15H,1-5H3. The summed E-state index contributed by atoms with van der Waals surface area (Å²) in [6.07, 6.45) is 0. The highest BCUT2D eigenvalue weighted by molar-refractivity contribution is 9.09. The van der Waals surface area contributed by atoms with Crippen LogP contribution in [0, 0.1) is 0 Å². The molecule has 90 valence electrons. The number of rotatable bonds is 3. The molecule has 1 atom stereocenters. The van der Waals surface area contributed by atoms with Crippen molar-refractivity contribution >= 4 is 15.9 Å². The van der Waals surface area contributed by atoms with Crippen molar-refractivity contribution in [2.75, 3.05) is 14.2 Å². The van der Waals surface area contributed by atoms with E-state index in [0.717, 1.165) is 11.3 Å². The first-order valence-electron chi connectivity index (χ1n) is 5.40. The zero-order valence-corrected chi connectivity index (χ0v) is 12.2. The Morgan fingerprint density at radius 1 is 1.31 bits per heavy atom. The van der Waals surface area contributed by atoms with E-state index >= 15 is 0 Å². The summed E-state index contributed by atoms with van der Waals surface area (Å²) in [6.45, 7) is 6.63. The zero-order valence-electron chi connectivity index (χ0n) is 10.6. The van der Waals surface area contributed by atoms with Gasteiger partial charge in [-0.3, -0.25) is 0 Å². The smallest absolute Gasteiger partial charge is 0.124 e. The Labute approximate surface area is 107 Å². The summed E-state index contributed by atoms with van der Waals surface area (Å²) in [7, 11) is 3.62. The fraction of sp³-hybridized carbons (Fsp3) is 0.538. The SMILES string of the molecule is CNC(Br)c1cc(C(C)(C)C)ccc1OC. The van der Waals surface area contributed by atoms with Crippen molar-refractivity contribution in [1.29, 1.82) is 0 Å². The lowest BCUT2D eigenvalue weighted by Gasteiger charge is -2.22. The van der Waals surface area contributed by atoms with Gasteiger partial charge in [0.15, 0.2) is 0 Å². The predicted molar refractivity (Wildman–Crippen MR) is 72.4 cm³/mol. The van der Waals surface area contributed by atoms with Gasteiger partial charge in [0.2, 0.25) is 0 Å². The largest absolute Gasteiger partial charge is 0.496 e. The molecule has 16 heavy (non-hydrogen) atoms. The summed E-state index contributed by atoms with van der Waals surface area (Å²) in [5, 5.41) is 3.17. The van der Waals surface area contributed by atoms with Gasteiger partial charge in [0.25, 0.3) is 0 Å². The van der Waals surface area contributed by atoms with Gasteiger partial charge in [0.1, 0.15) is 5.75 Å². The lowest BCUT2D eigenvalue weighted by molar-refractivity contribution is 0.407. The zero-order chi connectivity index (χ0) is 12.3. The van der Waals surface area contributed by atoms with Crippen LogP contribution in [0.2, 0.25) is 0 Å². The van der Waals surface area contributed by atoms with Crippen LogP contribution in [0.15, 0.2) is 18.2 Å². The van der Waals surface area contributed by atoms with E-state index in [2.05, 4.69) is 54.2 Å². The van der Waals surface area contributed by atoms with Gasteiger partial charge >= 0.3 is 0 Å². The molecule has 0 aliphatic heterocycles. The van der Waals surface area contributed by atoms with Crippen molar-refractivity contribution in [3.63, 3.8) is 0 Å². The number of nitrogens with one attached hydrogen (secondary N) is 1. The van der Waals surface area contributed by atoms with Crippen LogP contribution in [0.5, 0.6) is 5.75 Å². The van der Waals surface area contributed by atoms with E-state index in [-0.39, 0.29) is 10.4 Å². The fourth-order valence-corrected chi connectivity index (χ4v) is 1.91. The third-order valence-corrected chi connectivity index (χ3v) is 3.57. The molecule has 0 saturated carbocycles. The van der Waals surface area contributed by atoms with Gasteiger partial charge in [-0.25, -0.2) is 0 Å². The summed E-state index contributed by atoms with van der Waals surface area (Å²) in [5.41, 5.74) is 2.60. The number of ether oxygens (including phenoxy) is 1. The third-order valence-electron chi connectivity index (χ3n) is 2.62. The molecule has 1 rings (SSSR count). The first kappa shape index (κ1) is 13.5. The van der Waals surface area contributed by atoms with E-state index in [0.29, 0.717) is 0 Å². The second kappa shape index (κ2) is 5.19. The van der Waals surface area contributed by atoms with Crippen molar-refractivity contribution < 1.29 is 4.74 Å². The number of hydrogen-bond acceptors (Lipinski definition) is 2. The first-order chi connectivity index (χ1) is 7.40. The molecular weight excluding hydrogens is 266 g/mol. The van der Waals surface area contributed by atoms with Crippen LogP contribution in [0.1, 0.15) is 36.8 Å². The lowest BCUT2D eigenvalue weighted by atomic mass is 9.86. The number of halogens is 1. The monoisotopic (exact) mass is 285 g/mol. The average Bonchev–Trinajstić information content (AvgIpc) is 2.25. The number of alkyl halides is 1. The Bertz CT molecular complexity index is 357. The van der Waals surface area contributed by atoms with Crippen LogP contribution in [0.25, 0.3) is 0 Å². The Hall–Kier alpha value is -0.540. The molecule has 0 heterocycles. The summed E-state index contributed by atoms with van der Waals surface area (Å²) in [4.78, 5) is 0.116. The second-order valence-electron chi connectivity index (χ2n) is 4.86. The molecular formula is C13H20BrNO. The van der Waals surface area contributed by atoms with E-state index < -0.39 is 0 Å². The number of benzene rings is 1.